The Hall–Kier alpha value is -0.740. The molecule has 0 spiro atoms. The second kappa shape index (κ2) is 5.49. The van der Waals surface area contributed by atoms with E-state index in [1.807, 2.05) is 0 Å². The molecule has 0 saturated carbocycles. The van der Waals surface area contributed by atoms with Gasteiger partial charge in [0.1, 0.15) is 4.90 Å². The average Bonchev–Trinajstić information content (AvgIpc) is 2.39. The van der Waals surface area contributed by atoms with Crippen molar-refractivity contribution in [2.45, 2.75) is 4.90 Å². The smallest absolute Gasteiger partial charge is 0.246 e. The zero-order valence-corrected chi connectivity index (χ0v) is 11.9. The summed E-state index contributed by atoms with van der Waals surface area (Å²) in [5, 5.41) is 0. The fourth-order valence-electron chi connectivity index (χ4n) is 1.68. The first kappa shape index (κ1) is 13.7. The Bertz CT molecular complexity index is 531. The third-order valence-corrected chi connectivity index (χ3v) is 5.11. The molecule has 18 heavy (non-hydrogen) atoms. The van der Waals surface area contributed by atoms with Gasteiger partial charge in [-0.1, -0.05) is 0 Å². The summed E-state index contributed by atoms with van der Waals surface area (Å²) < 4.78 is 31.9. The van der Waals surface area contributed by atoms with E-state index < -0.39 is 10.0 Å². The summed E-state index contributed by atoms with van der Waals surface area (Å²) in [5.41, 5.74) is 2.69. The fourth-order valence-corrected chi connectivity index (χ4v) is 3.79. The van der Waals surface area contributed by atoms with E-state index in [-0.39, 0.29) is 4.90 Å². The van der Waals surface area contributed by atoms with Crippen molar-refractivity contribution in [2.24, 2.45) is 5.84 Å². The lowest BCUT2D eigenvalue weighted by atomic mass is 10.4. The number of halogens is 1. The Morgan fingerprint density at radius 3 is 2.67 bits per heavy atom. The van der Waals surface area contributed by atoms with Gasteiger partial charge < -0.3 is 10.2 Å². The first-order chi connectivity index (χ1) is 8.57. The number of nitrogens with two attached hydrogens (primary N) is 1. The van der Waals surface area contributed by atoms with Crippen LogP contribution in [-0.2, 0) is 14.8 Å². The van der Waals surface area contributed by atoms with Gasteiger partial charge in [-0.2, -0.15) is 4.31 Å². The van der Waals surface area contributed by atoms with E-state index in [2.05, 4.69) is 26.3 Å². The summed E-state index contributed by atoms with van der Waals surface area (Å²) in [5.74, 6) is 5.36. The van der Waals surface area contributed by atoms with E-state index >= 15 is 0 Å². The van der Waals surface area contributed by atoms with Crippen LogP contribution in [-0.4, -0.2) is 44.0 Å². The molecule has 1 fully saturated rings. The van der Waals surface area contributed by atoms with Gasteiger partial charge in [0.05, 0.1) is 23.4 Å². The number of ether oxygens (including phenoxy) is 1. The van der Waals surface area contributed by atoms with E-state index in [1.165, 1.54) is 16.7 Å². The molecule has 1 aliphatic heterocycles. The maximum Gasteiger partial charge on any atom is 0.246 e. The van der Waals surface area contributed by atoms with Gasteiger partial charge in [-0.3, -0.25) is 10.8 Å². The highest BCUT2D eigenvalue weighted by molar-refractivity contribution is 9.10. The van der Waals surface area contributed by atoms with Crippen LogP contribution in [0.2, 0.25) is 0 Å². The Morgan fingerprint density at radius 2 is 2.06 bits per heavy atom. The molecule has 0 aromatic carbocycles. The van der Waals surface area contributed by atoms with Gasteiger partial charge in [0.2, 0.25) is 10.0 Å². The van der Waals surface area contributed by atoms with Gasteiger partial charge in [0, 0.05) is 25.5 Å². The van der Waals surface area contributed by atoms with Crippen LogP contribution < -0.4 is 11.3 Å². The number of nitrogen functional groups attached to an aromatic ring is 1. The molecular weight excluding hydrogens is 324 g/mol. The molecule has 1 aliphatic rings. The highest BCUT2D eigenvalue weighted by Gasteiger charge is 2.29. The molecule has 7 nitrogen and oxygen atoms in total. The molecule has 0 atom stereocenters. The van der Waals surface area contributed by atoms with Crippen LogP contribution in [0.25, 0.3) is 0 Å². The Kier molecular flexibility index (Phi) is 4.17. The number of pyridine rings is 1. The normalized spacial score (nSPS) is 17.7. The van der Waals surface area contributed by atoms with Crippen molar-refractivity contribution in [1.82, 2.24) is 9.29 Å². The highest BCUT2D eigenvalue weighted by Crippen LogP contribution is 2.30. The summed E-state index contributed by atoms with van der Waals surface area (Å²) in [7, 11) is -3.61. The Balaban J connectivity index is 2.43. The zero-order chi connectivity index (χ0) is 13.2. The van der Waals surface area contributed by atoms with Crippen LogP contribution in [0.4, 0.5) is 5.69 Å². The molecule has 9 heteroatoms. The molecule has 1 aromatic heterocycles. The van der Waals surface area contributed by atoms with E-state index in [0.717, 1.165) is 0 Å². The van der Waals surface area contributed by atoms with Crippen molar-refractivity contribution >= 4 is 31.6 Å². The van der Waals surface area contributed by atoms with Gasteiger partial charge in [-0.05, 0) is 15.9 Å². The van der Waals surface area contributed by atoms with Crippen molar-refractivity contribution in [3.05, 3.63) is 16.9 Å². The van der Waals surface area contributed by atoms with E-state index in [1.54, 1.807) is 0 Å². The van der Waals surface area contributed by atoms with Crippen molar-refractivity contribution < 1.29 is 13.2 Å². The van der Waals surface area contributed by atoms with E-state index in [9.17, 15) is 8.42 Å². The van der Waals surface area contributed by atoms with Crippen LogP contribution >= 0.6 is 15.9 Å². The predicted octanol–water partition coefficient (Wildman–Crippen LogP) is 0.151. The summed E-state index contributed by atoms with van der Waals surface area (Å²) in [6.07, 6.45) is 2.76. The molecule has 100 valence electrons. The van der Waals surface area contributed by atoms with Gasteiger partial charge >= 0.3 is 0 Å². The summed E-state index contributed by atoms with van der Waals surface area (Å²) in [6, 6.07) is 0. The average molecular weight is 337 g/mol. The molecule has 1 aromatic rings. The van der Waals surface area contributed by atoms with Gasteiger partial charge in [0.25, 0.3) is 0 Å². The SMILES string of the molecule is NNc1c(Br)cncc1S(=O)(=O)N1CCOCC1. The first-order valence-corrected chi connectivity index (χ1v) is 7.48. The molecule has 0 unspecified atom stereocenters. The summed E-state index contributed by atoms with van der Waals surface area (Å²) in [6.45, 7) is 1.45. The van der Waals surface area contributed by atoms with Crippen molar-refractivity contribution in [3.8, 4) is 0 Å². The van der Waals surface area contributed by atoms with E-state index in [0.29, 0.717) is 36.5 Å². The minimum atomic E-state index is -3.61. The van der Waals surface area contributed by atoms with Gasteiger partial charge in [0.15, 0.2) is 0 Å². The maximum absolute atomic E-state index is 12.4. The predicted molar refractivity (Wildman–Crippen MR) is 69.3 cm³/mol. The van der Waals surface area contributed by atoms with Gasteiger partial charge in [-0.25, -0.2) is 8.42 Å². The Labute approximate surface area is 113 Å². The number of nitrogens with one attached hydrogen (secondary N) is 1. The lowest BCUT2D eigenvalue weighted by Crippen LogP contribution is -2.41. The summed E-state index contributed by atoms with van der Waals surface area (Å²) >= 11 is 3.21. The standard InChI is InChI=1S/C9H13BrN4O3S/c10-7-5-12-6-8(9(7)13-11)18(15,16)14-1-3-17-4-2-14/h5-6H,1-4,11H2,(H,12,13). The van der Waals surface area contributed by atoms with E-state index in [4.69, 9.17) is 10.6 Å². The number of hydrogen-bond acceptors (Lipinski definition) is 6. The highest BCUT2D eigenvalue weighted by atomic mass is 79.9. The molecule has 1 saturated heterocycles. The van der Waals surface area contributed by atoms with Crippen LogP contribution in [0, 0.1) is 0 Å². The molecule has 0 bridgehead atoms. The number of hydrogen-bond donors (Lipinski definition) is 2. The molecule has 3 N–H and O–H groups in total. The largest absolute Gasteiger partial charge is 0.379 e. The third kappa shape index (κ3) is 2.50. The molecule has 2 heterocycles. The van der Waals surface area contributed by atoms with Crippen LogP contribution in [0.3, 0.4) is 0 Å². The first-order valence-electron chi connectivity index (χ1n) is 5.25. The maximum atomic E-state index is 12.4. The molecule has 2 rings (SSSR count). The number of nitrogens with zero attached hydrogens (tertiary/aromatic N) is 2. The molecule has 0 amide bonds. The number of anilines is 1. The number of sulfonamides is 1. The van der Waals surface area contributed by atoms with Crippen molar-refractivity contribution in [3.63, 3.8) is 0 Å². The number of rotatable bonds is 3. The minimum absolute atomic E-state index is 0.0567. The molecular formula is C9H13BrN4O3S. The lowest BCUT2D eigenvalue weighted by molar-refractivity contribution is 0.0730. The zero-order valence-electron chi connectivity index (χ0n) is 9.47. The van der Waals surface area contributed by atoms with Crippen LogP contribution in [0.5, 0.6) is 0 Å². The Morgan fingerprint density at radius 1 is 1.39 bits per heavy atom. The fraction of sp³-hybridized carbons (Fsp3) is 0.444. The summed E-state index contributed by atoms with van der Waals surface area (Å²) in [4.78, 5) is 3.93. The number of hydrazine groups is 1. The van der Waals surface area contributed by atoms with Gasteiger partial charge in [-0.15, -0.1) is 0 Å². The third-order valence-electron chi connectivity index (χ3n) is 2.60. The number of morpholine rings is 1. The second-order valence-corrected chi connectivity index (χ2v) is 6.42. The minimum Gasteiger partial charge on any atom is -0.379 e. The monoisotopic (exact) mass is 336 g/mol. The van der Waals surface area contributed by atoms with Crippen molar-refractivity contribution in [1.29, 1.82) is 0 Å². The van der Waals surface area contributed by atoms with Crippen LogP contribution in [0.15, 0.2) is 21.8 Å². The topological polar surface area (TPSA) is 97.5 Å². The number of aromatic nitrogens is 1. The molecule has 0 aliphatic carbocycles. The second-order valence-electron chi connectivity index (χ2n) is 3.66. The quantitative estimate of drug-likeness (QED) is 0.602. The molecule has 0 radical (unpaired) electrons. The van der Waals surface area contributed by atoms with Crippen LogP contribution in [0.1, 0.15) is 0 Å². The van der Waals surface area contributed by atoms with Crippen molar-refractivity contribution in [2.75, 3.05) is 31.7 Å². The lowest BCUT2D eigenvalue weighted by Gasteiger charge is -2.26.